The van der Waals surface area contributed by atoms with Crippen molar-refractivity contribution in [1.29, 1.82) is 0 Å². The van der Waals surface area contributed by atoms with Crippen molar-refractivity contribution in [3.05, 3.63) is 28.4 Å². The van der Waals surface area contributed by atoms with Crippen LogP contribution in [0.15, 0.2) is 17.1 Å². The lowest BCUT2D eigenvalue weighted by Crippen LogP contribution is -1.99. The summed E-state index contributed by atoms with van der Waals surface area (Å²) < 4.78 is 0. The fourth-order valence-electron chi connectivity index (χ4n) is 1.05. The van der Waals surface area contributed by atoms with E-state index in [1.54, 1.807) is 0 Å². The van der Waals surface area contributed by atoms with Crippen molar-refractivity contribution in [2.75, 3.05) is 0 Å². The van der Waals surface area contributed by atoms with Crippen molar-refractivity contribution >= 4 is 17.0 Å². The molecule has 0 bridgehead atoms. The first-order chi connectivity index (χ1) is 6.16. The van der Waals surface area contributed by atoms with Gasteiger partial charge in [0.05, 0.1) is 17.2 Å². The van der Waals surface area contributed by atoms with E-state index in [1.807, 2.05) is 0 Å². The number of carbonyl (C=O) groups is 1. The molecule has 2 aromatic rings. The lowest BCUT2D eigenvalue weighted by atomic mass is 10.3. The van der Waals surface area contributed by atoms with Crippen LogP contribution >= 0.6 is 0 Å². The van der Waals surface area contributed by atoms with Crippen LogP contribution in [0.3, 0.4) is 0 Å². The lowest BCUT2D eigenvalue weighted by Gasteiger charge is -1.91. The van der Waals surface area contributed by atoms with Crippen LogP contribution in [0, 0.1) is 0 Å². The summed E-state index contributed by atoms with van der Waals surface area (Å²) in [7, 11) is 0. The minimum absolute atomic E-state index is 0.0947. The summed E-state index contributed by atoms with van der Waals surface area (Å²) in [4.78, 5) is 29.8. The predicted molar refractivity (Wildman–Crippen MR) is 43.7 cm³/mol. The molecule has 6 nitrogen and oxygen atoms in total. The third kappa shape index (κ3) is 1.18. The number of nitrogens with one attached hydrogen (secondary N) is 2. The molecule has 13 heavy (non-hydrogen) atoms. The number of hydrogen-bond donors (Lipinski definition) is 3. The predicted octanol–water partition coefficient (Wildman–Crippen LogP) is -0.0506. The quantitative estimate of drug-likeness (QED) is 0.571. The number of H-pyrrole nitrogens is 2. The number of imidazole rings is 1. The summed E-state index contributed by atoms with van der Waals surface area (Å²) in [5.41, 5.74) is 0.467. The average molecular weight is 179 g/mol. The maximum atomic E-state index is 10.8. The van der Waals surface area contributed by atoms with Gasteiger partial charge in [-0.3, -0.25) is 0 Å². The Morgan fingerprint density at radius 3 is 2.77 bits per heavy atom. The highest BCUT2D eigenvalue weighted by atomic mass is 16.4. The second-order valence-electron chi connectivity index (χ2n) is 2.50. The van der Waals surface area contributed by atoms with E-state index in [-0.39, 0.29) is 11.4 Å². The van der Waals surface area contributed by atoms with Gasteiger partial charge in [-0.25, -0.2) is 14.6 Å². The van der Waals surface area contributed by atoms with E-state index in [9.17, 15) is 9.59 Å². The number of aromatic nitrogens is 3. The maximum Gasteiger partial charge on any atom is 0.354 e. The fraction of sp³-hybridized carbons (Fsp3) is 0. The first-order valence-corrected chi connectivity index (χ1v) is 3.48. The van der Waals surface area contributed by atoms with Crippen LogP contribution < -0.4 is 5.69 Å². The topological polar surface area (TPSA) is 98.8 Å². The lowest BCUT2D eigenvalue weighted by molar-refractivity contribution is 0.0690. The van der Waals surface area contributed by atoms with E-state index in [4.69, 9.17) is 5.11 Å². The van der Waals surface area contributed by atoms with E-state index >= 15 is 0 Å². The Labute approximate surface area is 71.2 Å². The van der Waals surface area contributed by atoms with Crippen LogP contribution in [-0.2, 0) is 0 Å². The van der Waals surface area contributed by atoms with E-state index in [2.05, 4.69) is 15.0 Å². The summed E-state index contributed by atoms with van der Waals surface area (Å²) in [5.74, 6) is -1.12. The van der Waals surface area contributed by atoms with E-state index < -0.39 is 5.97 Å². The van der Waals surface area contributed by atoms with Crippen LogP contribution in [0.4, 0.5) is 0 Å². The summed E-state index contributed by atoms with van der Waals surface area (Å²) >= 11 is 0. The van der Waals surface area contributed by atoms with E-state index in [1.165, 1.54) is 12.3 Å². The molecule has 3 N–H and O–H groups in total. The number of hydrogen-bond acceptors (Lipinski definition) is 3. The minimum Gasteiger partial charge on any atom is -0.477 e. The van der Waals surface area contributed by atoms with Crippen LogP contribution in [-0.4, -0.2) is 26.0 Å². The van der Waals surface area contributed by atoms with Crippen molar-refractivity contribution in [3.63, 3.8) is 0 Å². The summed E-state index contributed by atoms with van der Waals surface area (Å²) in [6.45, 7) is 0. The van der Waals surface area contributed by atoms with Crippen LogP contribution in [0.25, 0.3) is 11.0 Å². The standard InChI is InChI=1S/C7H5N3O3/c11-6(12)4-1-3-5(2-8-4)10-7(13)9-3/h1-2H,(H,11,12)(H2,9,10,13). The second-order valence-corrected chi connectivity index (χ2v) is 2.50. The Bertz CT molecular complexity index is 525. The number of fused-ring (bicyclic) bond motifs is 1. The van der Waals surface area contributed by atoms with E-state index in [0.29, 0.717) is 11.0 Å². The first kappa shape index (κ1) is 7.53. The third-order valence-electron chi connectivity index (χ3n) is 1.62. The Balaban J connectivity index is 2.74. The molecular formula is C7H5N3O3. The number of aromatic carboxylic acids is 1. The second kappa shape index (κ2) is 2.44. The Morgan fingerprint density at radius 2 is 2.08 bits per heavy atom. The number of pyridine rings is 1. The molecular weight excluding hydrogens is 174 g/mol. The van der Waals surface area contributed by atoms with Crippen molar-refractivity contribution < 1.29 is 9.90 Å². The molecule has 0 saturated carbocycles. The van der Waals surface area contributed by atoms with Gasteiger partial charge in [0.25, 0.3) is 0 Å². The number of aromatic amines is 2. The van der Waals surface area contributed by atoms with Gasteiger partial charge >= 0.3 is 11.7 Å². The molecule has 0 radical (unpaired) electrons. The highest BCUT2D eigenvalue weighted by Crippen LogP contribution is 2.06. The van der Waals surface area contributed by atoms with Gasteiger partial charge in [0.2, 0.25) is 0 Å². The van der Waals surface area contributed by atoms with Gasteiger partial charge in [0, 0.05) is 0 Å². The van der Waals surface area contributed by atoms with Crippen LogP contribution in [0.1, 0.15) is 10.5 Å². The Hall–Kier alpha value is -2.11. The van der Waals surface area contributed by atoms with Crippen molar-refractivity contribution in [3.8, 4) is 0 Å². The number of nitrogens with zero attached hydrogens (tertiary/aromatic N) is 1. The third-order valence-corrected chi connectivity index (χ3v) is 1.62. The SMILES string of the molecule is O=C(O)c1cc2[nH]c(=O)[nH]c2cn1. The van der Waals surface area contributed by atoms with Crippen molar-refractivity contribution in [2.24, 2.45) is 0 Å². The highest BCUT2D eigenvalue weighted by molar-refractivity contribution is 5.89. The minimum atomic E-state index is -1.12. The van der Waals surface area contributed by atoms with Gasteiger partial charge in [-0.15, -0.1) is 0 Å². The first-order valence-electron chi connectivity index (χ1n) is 3.48. The molecule has 2 aromatic heterocycles. The van der Waals surface area contributed by atoms with Crippen molar-refractivity contribution in [2.45, 2.75) is 0 Å². The zero-order valence-corrected chi connectivity index (χ0v) is 6.37. The number of rotatable bonds is 1. The Kier molecular flexibility index (Phi) is 1.42. The monoisotopic (exact) mass is 179 g/mol. The molecule has 0 fully saturated rings. The molecule has 0 aliphatic carbocycles. The molecule has 0 saturated heterocycles. The van der Waals surface area contributed by atoms with Gasteiger partial charge in [-0.05, 0) is 6.07 Å². The number of carboxylic acids is 1. The van der Waals surface area contributed by atoms with Crippen LogP contribution in [0.2, 0.25) is 0 Å². The molecule has 6 heteroatoms. The largest absolute Gasteiger partial charge is 0.477 e. The van der Waals surface area contributed by atoms with Crippen LogP contribution in [0.5, 0.6) is 0 Å². The van der Waals surface area contributed by atoms with Gasteiger partial charge < -0.3 is 15.1 Å². The molecule has 0 unspecified atom stereocenters. The van der Waals surface area contributed by atoms with Crippen molar-refractivity contribution in [1.82, 2.24) is 15.0 Å². The van der Waals surface area contributed by atoms with E-state index in [0.717, 1.165) is 0 Å². The molecule has 0 aliphatic rings. The Morgan fingerprint density at radius 1 is 1.38 bits per heavy atom. The summed E-state index contributed by atoms with van der Waals surface area (Å²) in [5, 5.41) is 8.59. The maximum absolute atomic E-state index is 10.8. The molecule has 66 valence electrons. The smallest absolute Gasteiger partial charge is 0.354 e. The number of carboxylic acid groups (broad SMARTS) is 1. The fourth-order valence-corrected chi connectivity index (χ4v) is 1.05. The molecule has 0 aliphatic heterocycles. The molecule has 2 rings (SSSR count). The molecule has 0 spiro atoms. The molecule has 0 aromatic carbocycles. The van der Waals surface area contributed by atoms with Gasteiger partial charge in [-0.1, -0.05) is 0 Å². The summed E-state index contributed by atoms with van der Waals surface area (Å²) in [6, 6.07) is 1.30. The zero-order valence-electron chi connectivity index (χ0n) is 6.37. The highest BCUT2D eigenvalue weighted by Gasteiger charge is 2.06. The zero-order chi connectivity index (χ0) is 9.42. The van der Waals surface area contributed by atoms with Gasteiger partial charge in [0.1, 0.15) is 5.69 Å². The average Bonchev–Trinajstić information content (AvgIpc) is 2.42. The summed E-state index contributed by atoms with van der Waals surface area (Å²) in [6.07, 6.45) is 1.30. The van der Waals surface area contributed by atoms with Gasteiger partial charge in [0.15, 0.2) is 0 Å². The normalized spacial score (nSPS) is 10.5. The molecule has 0 atom stereocenters. The molecule has 2 heterocycles. The molecule has 0 amide bonds. The van der Waals surface area contributed by atoms with Gasteiger partial charge in [-0.2, -0.15) is 0 Å².